The van der Waals surface area contributed by atoms with Gasteiger partial charge in [0.05, 0.1) is 0 Å². The first-order chi connectivity index (χ1) is 9.97. The van der Waals surface area contributed by atoms with Gasteiger partial charge in [-0.1, -0.05) is 31.5 Å². The second-order valence-corrected chi connectivity index (χ2v) is 6.20. The van der Waals surface area contributed by atoms with Crippen molar-refractivity contribution in [3.63, 3.8) is 0 Å². The van der Waals surface area contributed by atoms with E-state index in [1.54, 1.807) is 10.6 Å². The van der Waals surface area contributed by atoms with Gasteiger partial charge in [-0.05, 0) is 52.0 Å². The van der Waals surface area contributed by atoms with Crippen LogP contribution in [-0.4, -0.2) is 10.5 Å². The number of nitrogens with one attached hydrogen (secondary N) is 1. The molecule has 0 aliphatic rings. The molecule has 0 aliphatic carbocycles. The first kappa shape index (κ1) is 16.1. The van der Waals surface area contributed by atoms with Crippen LogP contribution in [0.3, 0.4) is 0 Å². The Labute approximate surface area is 138 Å². The number of hydrogen-bond donors (Lipinski definition) is 1. The molecular formula is C16H18BrClN2O. The number of benzene rings is 1. The molecule has 5 heteroatoms. The first-order valence-electron chi connectivity index (χ1n) is 6.91. The standard InChI is InChI=1S/C16H18BrClN2O/c1-4-10-6-7-13(18)12(5-2)15(10)19-16(21)14-8-11(17)9-20(14)3/h6-9H,4-5H2,1-3H3,(H,19,21). The molecule has 0 bridgehead atoms. The fraction of sp³-hybridized carbons (Fsp3) is 0.312. The maximum atomic E-state index is 12.5. The van der Waals surface area contributed by atoms with E-state index in [2.05, 4.69) is 28.2 Å². The van der Waals surface area contributed by atoms with E-state index >= 15 is 0 Å². The molecule has 112 valence electrons. The Bertz CT molecular complexity index is 679. The molecule has 0 atom stereocenters. The Balaban J connectivity index is 2.41. The van der Waals surface area contributed by atoms with Crippen molar-refractivity contribution in [3.8, 4) is 0 Å². The van der Waals surface area contributed by atoms with Gasteiger partial charge in [0.25, 0.3) is 5.91 Å². The van der Waals surface area contributed by atoms with Gasteiger partial charge >= 0.3 is 0 Å². The van der Waals surface area contributed by atoms with E-state index in [9.17, 15) is 4.79 Å². The second-order valence-electron chi connectivity index (χ2n) is 4.88. The van der Waals surface area contributed by atoms with Gasteiger partial charge in [0.2, 0.25) is 0 Å². The quantitative estimate of drug-likeness (QED) is 0.824. The molecule has 0 saturated carbocycles. The van der Waals surface area contributed by atoms with Crippen LogP contribution in [0, 0.1) is 0 Å². The zero-order valence-electron chi connectivity index (χ0n) is 12.3. The zero-order valence-corrected chi connectivity index (χ0v) is 14.7. The molecule has 0 unspecified atom stereocenters. The van der Waals surface area contributed by atoms with Crippen LogP contribution in [-0.2, 0) is 19.9 Å². The molecule has 21 heavy (non-hydrogen) atoms. The minimum Gasteiger partial charge on any atom is -0.345 e. The normalized spacial score (nSPS) is 10.7. The molecule has 2 rings (SSSR count). The topological polar surface area (TPSA) is 34.0 Å². The third kappa shape index (κ3) is 3.33. The van der Waals surface area contributed by atoms with E-state index in [-0.39, 0.29) is 5.91 Å². The van der Waals surface area contributed by atoms with Gasteiger partial charge in [-0.3, -0.25) is 4.79 Å². The molecule has 1 N–H and O–H groups in total. The average molecular weight is 370 g/mol. The van der Waals surface area contributed by atoms with Crippen molar-refractivity contribution in [3.05, 3.63) is 50.7 Å². The Morgan fingerprint density at radius 3 is 2.57 bits per heavy atom. The summed E-state index contributed by atoms with van der Waals surface area (Å²) in [5, 5.41) is 3.72. The summed E-state index contributed by atoms with van der Waals surface area (Å²) in [4.78, 5) is 12.5. The van der Waals surface area contributed by atoms with Crippen LogP contribution in [0.5, 0.6) is 0 Å². The number of aromatic nitrogens is 1. The molecule has 1 heterocycles. The number of nitrogens with zero attached hydrogens (tertiary/aromatic N) is 1. The van der Waals surface area contributed by atoms with Gasteiger partial charge in [-0.15, -0.1) is 0 Å². The Morgan fingerprint density at radius 1 is 1.33 bits per heavy atom. The first-order valence-corrected chi connectivity index (χ1v) is 8.08. The molecule has 0 fully saturated rings. The van der Waals surface area contributed by atoms with Gasteiger partial charge in [0, 0.05) is 28.4 Å². The Hall–Kier alpha value is -1.26. The van der Waals surface area contributed by atoms with Crippen molar-refractivity contribution in [2.24, 2.45) is 7.05 Å². The average Bonchev–Trinajstić information content (AvgIpc) is 2.78. The minimum absolute atomic E-state index is 0.130. The summed E-state index contributed by atoms with van der Waals surface area (Å²) in [6, 6.07) is 5.67. The number of carbonyl (C=O) groups excluding carboxylic acids is 1. The molecule has 1 amide bonds. The smallest absolute Gasteiger partial charge is 0.272 e. The van der Waals surface area contributed by atoms with Crippen LogP contribution in [0.1, 0.15) is 35.5 Å². The van der Waals surface area contributed by atoms with Crippen molar-refractivity contribution in [2.75, 3.05) is 5.32 Å². The SMILES string of the molecule is CCc1ccc(Cl)c(CC)c1NC(=O)c1cc(Br)cn1C. The van der Waals surface area contributed by atoms with Crippen molar-refractivity contribution >= 4 is 39.1 Å². The summed E-state index contributed by atoms with van der Waals surface area (Å²) < 4.78 is 2.67. The van der Waals surface area contributed by atoms with Crippen molar-refractivity contribution < 1.29 is 4.79 Å². The van der Waals surface area contributed by atoms with Crippen molar-refractivity contribution in [1.82, 2.24) is 4.57 Å². The maximum Gasteiger partial charge on any atom is 0.272 e. The maximum absolute atomic E-state index is 12.5. The lowest BCUT2D eigenvalue weighted by Crippen LogP contribution is -2.17. The molecule has 0 spiro atoms. The lowest BCUT2D eigenvalue weighted by molar-refractivity contribution is 0.101. The molecule has 0 radical (unpaired) electrons. The van der Waals surface area contributed by atoms with Crippen LogP contribution in [0.4, 0.5) is 5.69 Å². The van der Waals surface area contributed by atoms with E-state index in [1.807, 2.05) is 32.3 Å². The highest BCUT2D eigenvalue weighted by atomic mass is 79.9. The van der Waals surface area contributed by atoms with Crippen LogP contribution in [0.15, 0.2) is 28.9 Å². The van der Waals surface area contributed by atoms with E-state index in [1.165, 1.54) is 0 Å². The summed E-state index contributed by atoms with van der Waals surface area (Å²) in [5.41, 5.74) is 3.52. The monoisotopic (exact) mass is 368 g/mol. The predicted molar refractivity (Wildman–Crippen MR) is 91.3 cm³/mol. The van der Waals surface area contributed by atoms with E-state index in [0.717, 1.165) is 34.1 Å². The molecule has 1 aromatic carbocycles. The Kier molecular flexibility index (Phi) is 5.12. The van der Waals surface area contributed by atoms with E-state index in [0.29, 0.717) is 10.7 Å². The van der Waals surface area contributed by atoms with Crippen LogP contribution >= 0.6 is 27.5 Å². The number of carbonyl (C=O) groups is 1. The lowest BCUT2D eigenvalue weighted by Gasteiger charge is -2.16. The third-order valence-electron chi connectivity index (χ3n) is 3.52. The van der Waals surface area contributed by atoms with Gasteiger partial charge in [-0.2, -0.15) is 0 Å². The summed E-state index contributed by atoms with van der Waals surface area (Å²) in [5.74, 6) is -0.130. The van der Waals surface area contributed by atoms with Crippen LogP contribution in [0.2, 0.25) is 5.02 Å². The highest BCUT2D eigenvalue weighted by Gasteiger charge is 2.16. The summed E-state index contributed by atoms with van der Waals surface area (Å²) in [6.45, 7) is 4.10. The van der Waals surface area contributed by atoms with Crippen LogP contribution in [0.25, 0.3) is 0 Å². The van der Waals surface area contributed by atoms with Gasteiger partial charge in [0.15, 0.2) is 0 Å². The summed E-state index contributed by atoms with van der Waals surface area (Å²) >= 11 is 9.64. The number of halogens is 2. The highest BCUT2D eigenvalue weighted by molar-refractivity contribution is 9.10. The molecule has 0 aliphatic heterocycles. The third-order valence-corrected chi connectivity index (χ3v) is 4.31. The zero-order chi connectivity index (χ0) is 15.6. The number of amides is 1. The Morgan fingerprint density at radius 2 is 2.05 bits per heavy atom. The molecule has 0 saturated heterocycles. The number of rotatable bonds is 4. The summed E-state index contributed by atoms with van der Waals surface area (Å²) in [7, 11) is 1.85. The van der Waals surface area contributed by atoms with E-state index < -0.39 is 0 Å². The summed E-state index contributed by atoms with van der Waals surface area (Å²) in [6.07, 6.45) is 3.48. The van der Waals surface area contributed by atoms with E-state index in [4.69, 9.17) is 11.6 Å². The largest absolute Gasteiger partial charge is 0.345 e. The fourth-order valence-electron chi connectivity index (χ4n) is 2.39. The minimum atomic E-state index is -0.130. The second kappa shape index (κ2) is 6.67. The molecule has 3 nitrogen and oxygen atoms in total. The van der Waals surface area contributed by atoms with Crippen molar-refractivity contribution in [2.45, 2.75) is 26.7 Å². The van der Waals surface area contributed by atoms with Gasteiger partial charge < -0.3 is 9.88 Å². The van der Waals surface area contributed by atoms with Gasteiger partial charge in [0.1, 0.15) is 5.69 Å². The fourth-order valence-corrected chi connectivity index (χ4v) is 3.21. The number of hydrogen-bond acceptors (Lipinski definition) is 1. The number of anilines is 1. The molecule has 1 aromatic heterocycles. The lowest BCUT2D eigenvalue weighted by atomic mass is 10.0. The number of aryl methyl sites for hydroxylation is 2. The van der Waals surface area contributed by atoms with Gasteiger partial charge in [-0.25, -0.2) is 0 Å². The molecular weight excluding hydrogens is 352 g/mol. The van der Waals surface area contributed by atoms with Crippen molar-refractivity contribution in [1.29, 1.82) is 0 Å². The molecule has 2 aromatic rings. The predicted octanol–water partition coefficient (Wildman–Crippen LogP) is 4.82. The van der Waals surface area contributed by atoms with Crippen LogP contribution < -0.4 is 5.32 Å². The highest BCUT2D eigenvalue weighted by Crippen LogP contribution is 2.30.